The van der Waals surface area contributed by atoms with Gasteiger partial charge in [-0.3, -0.25) is 14.8 Å². The van der Waals surface area contributed by atoms with Gasteiger partial charge in [-0.25, -0.2) is 13.4 Å². The lowest BCUT2D eigenvalue weighted by Crippen LogP contribution is -2.30. The molecular weight excluding hydrogens is 385 g/mol. The average Bonchev–Trinajstić information content (AvgIpc) is 2.28. The highest BCUT2D eigenvalue weighted by atomic mass is 31.3. The molecule has 0 aliphatic rings. The number of hydrogen-bond donors (Lipinski definition) is 6. The van der Waals surface area contributed by atoms with Gasteiger partial charge >= 0.3 is 23.2 Å². The van der Waals surface area contributed by atoms with Crippen molar-refractivity contribution < 1.29 is 56.2 Å². The molecule has 134 valence electrons. The maximum Gasteiger partial charge on any atom is 0.488 e. The zero-order chi connectivity index (χ0) is 18.5. The molecular formula is C6H13N2O12P3. The summed E-state index contributed by atoms with van der Waals surface area (Å²) in [5.41, 5.74) is 4.81. The van der Waals surface area contributed by atoms with Gasteiger partial charge in [0, 0.05) is 0 Å². The van der Waals surface area contributed by atoms with Crippen LogP contribution in [-0.2, 0) is 36.6 Å². The fourth-order valence-electron chi connectivity index (χ4n) is 0.967. The molecule has 0 saturated carbocycles. The van der Waals surface area contributed by atoms with Gasteiger partial charge in [0.1, 0.15) is 19.0 Å². The fraction of sp³-hybridized carbons (Fsp3) is 0.500. The molecule has 23 heavy (non-hydrogen) atoms. The fourth-order valence-corrected chi connectivity index (χ4v) is 4.63. The lowest BCUT2D eigenvalue weighted by Gasteiger charge is -2.18. The van der Waals surface area contributed by atoms with Crippen molar-refractivity contribution >= 4 is 41.1 Å². The Bertz CT molecular complexity index is 612. The van der Waals surface area contributed by atoms with E-state index in [4.69, 9.17) is 25.8 Å². The molecule has 0 aromatic carbocycles. The van der Waals surface area contributed by atoms with Crippen molar-refractivity contribution in [2.75, 3.05) is 12.8 Å². The van der Waals surface area contributed by atoms with Crippen molar-refractivity contribution in [2.45, 2.75) is 6.10 Å². The number of ether oxygens (including phenoxy) is 1. The smallest absolute Gasteiger partial charge is 0.381 e. The van der Waals surface area contributed by atoms with Gasteiger partial charge in [0.25, 0.3) is 0 Å². The van der Waals surface area contributed by atoms with E-state index in [-0.39, 0.29) is 6.29 Å². The minimum Gasteiger partial charge on any atom is -0.381 e. The number of hydrogen-bond acceptors (Lipinski definition) is 9. The molecule has 0 radical (unpaired) electrons. The second-order valence-electron chi connectivity index (χ2n) is 3.76. The van der Waals surface area contributed by atoms with Gasteiger partial charge in [0.05, 0.1) is 6.16 Å². The number of amidine groups is 1. The molecule has 0 aliphatic heterocycles. The number of ketones is 1. The van der Waals surface area contributed by atoms with Crippen molar-refractivity contribution in [1.29, 1.82) is 5.41 Å². The minimum atomic E-state index is -5.62. The summed E-state index contributed by atoms with van der Waals surface area (Å²) >= 11 is 0. The SMILES string of the molecule is N=C(N)C(=O)COC(C=O)CP(=O)(O)OP(=O)(O)OP(=O)(O)O. The van der Waals surface area contributed by atoms with Crippen LogP contribution in [0.3, 0.4) is 0 Å². The Labute approximate surface area is 128 Å². The minimum absolute atomic E-state index is 0.0498. The molecule has 0 aliphatic carbocycles. The quantitative estimate of drug-likeness (QED) is 0.100. The molecule has 0 saturated heterocycles. The number of Topliss-reactive ketones (excluding diaryl/α,β-unsaturated/α-hetero) is 1. The van der Waals surface area contributed by atoms with Gasteiger partial charge in [0.15, 0.2) is 5.84 Å². The van der Waals surface area contributed by atoms with E-state index in [2.05, 4.69) is 13.4 Å². The maximum atomic E-state index is 11.5. The summed E-state index contributed by atoms with van der Waals surface area (Å²) in [6, 6.07) is 0. The second-order valence-corrected chi connectivity index (χ2v) is 8.63. The van der Waals surface area contributed by atoms with Gasteiger partial charge in [-0.1, -0.05) is 0 Å². The molecule has 3 atom stereocenters. The molecule has 0 rings (SSSR count). The number of carbonyl (C=O) groups is 2. The average molecular weight is 398 g/mol. The Kier molecular flexibility index (Phi) is 8.07. The number of aldehydes is 1. The predicted molar refractivity (Wildman–Crippen MR) is 71.5 cm³/mol. The monoisotopic (exact) mass is 398 g/mol. The Morgan fingerprint density at radius 1 is 1.17 bits per heavy atom. The van der Waals surface area contributed by atoms with E-state index >= 15 is 0 Å². The highest BCUT2D eigenvalue weighted by molar-refractivity contribution is 7.68. The van der Waals surface area contributed by atoms with Crippen molar-refractivity contribution in [1.82, 2.24) is 0 Å². The van der Waals surface area contributed by atoms with Crippen molar-refractivity contribution in [3.05, 3.63) is 0 Å². The molecule has 0 amide bonds. The van der Waals surface area contributed by atoms with E-state index < -0.39 is 53.7 Å². The van der Waals surface area contributed by atoms with Crippen LogP contribution in [0.25, 0.3) is 0 Å². The van der Waals surface area contributed by atoms with Gasteiger partial charge in [-0.15, -0.1) is 0 Å². The molecule has 0 aromatic rings. The molecule has 7 N–H and O–H groups in total. The highest BCUT2D eigenvalue weighted by Gasteiger charge is 2.40. The van der Waals surface area contributed by atoms with E-state index in [0.717, 1.165) is 0 Å². The second kappa shape index (κ2) is 8.36. The molecule has 14 nitrogen and oxygen atoms in total. The van der Waals surface area contributed by atoms with E-state index in [0.29, 0.717) is 0 Å². The highest BCUT2D eigenvalue weighted by Crippen LogP contribution is 2.66. The first-order valence-electron chi connectivity index (χ1n) is 5.24. The van der Waals surface area contributed by atoms with Crippen LogP contribution < -0.4 is 5.73 Å². The molecule has 0 fully saturated rings. The van der Waals surface area contributed by atoms with E-state index in [1.165, 1.54) is 0 Å². The zero-order valence-electron chi connectivity index (χ0n) is 11.0. The van der Waals surface area contributed by atoms with Crippen LogP contribution in [0.2, 0.25) is 0 Å². The number of nitrogens with two attached hydrogens (primary N) is 1. The van der Waals surface area contributed by atoms with Crippen LogP contribution in [0.1, 0.15) is 0 Å². The Hall–Kier alpha value is -0.780. The Morgan fingerprint density at radius 3 is 2.09 bits per heavy atom. The van der Waals surface area contributed by atoms with E-state index in [1.54, 1.807) is 0 Å². The third-order valence-corrected chi connectivity index (χ3v) is 6.08. The summed E-state index contributed by atoms with van der Waals surface area (Å²) in [5, 5.41) is 6.75. The predicted octanol–water partition coefficient (Wildman–Crippen LogP) is -1.51. The standard InChI is InChI=1S/C6H13N2O12P3/c7-6(8)5(10)2-18-4(1-9)3-21(11,12)19-23(16,17)20-22(13,14)15/h1,4H,2-3H2,(H3,7,8)(H,11,12)(H,16,17)(H2,13,14,15). The van der Waals surface area contributed by atoms with Gasteiger partial charge < -0.3 is 34.8 Å². The first kappa shape index (κ1) is 22.2. The van der Waals surface area contributed by atoms with Crippen LogP contribution in [0.5, 0.6) is 0 Å². The zero-order valence-corrected chi connectivity index (χ0v) is 13.7. The van der Waals surface area contributed by atoms with Gasteiger partial charge in [-0.05, 0) is 0 Å². The van der Waals surface area contributed by atoms with Crippen LogP contribution in [0, 0.1) is 5.41 Å². The van der Waals surface area contributed by atoms with Crippen molar-refractivity contribution in [2.24, 2.45) is 5.73 Å². The Morgan fingerprint density at radius 2 is 1.70 bits per heavy atom. The first-order valence-corrected chi connectivity index (χ1v) is 10.0. The van der Waals surface area contributed by atoms with Gasteiger partial charge in [0.2, 0.25) is 5.78 Å². The molecule has 0 bridgehead atoms. The van der Waals surface area contributed by atoms with Crippen LogP contribution >= 0.6 is 23.2 Å². The molecule has 0 aromatic heterocycles. The van der Waals surface area contributed by atoms with Crippen molar-refractivity contribution in [3.8, 4) is 0 Å². The number of rotatable bonds is 11. The molecule has 0 spiro atoms. The van der Waals surface area contributed by atoms with Crippen LogP contribution in [-0.4, -0.2) is 56.4 Å². The largest absolute Gasteiger partial charge is 0.488 e. The summed E-state index contributed by atoms with van der Waals surface area (Å²) in [5.74, 6) is -1.93. The van der Waals surface area contributed by atoms with Crippen molar-refractivity contribution in [3.63, 3.8) is 0 Å². The summed E-state index contributed by atoms with van der Waals surface area (Å²) < 4.78 is 44.6. The third kappa shape index (κ3) is 10.6. The topological polar surface area (TPSA) is 244 Å². The number of nitrogens with one attached hydrogen (secondary N) is 1. The normalized spacial score (nSPS) is 18.4. The lowest BCUT2D eigenvalue weighted by atomic mass is 10.4. The summed E-state index contributed by atoms with van der Waals surface area (Å²) in [6.07, 6.45) is -3.06. The molecule has 3 unspecified atom stereocenters. The van der Waals surface area contributed by atoms with Gasteiger partial charge in [-0.2, -0.15) is 4.31 Å². The molecule has 17 heteroatoms. The summed E-state index contributed by atoms with van der Waals surface area (Å²) in [6.45, 7) is -0.894. The number of phosphoric acid groups is 2. The molecule has 0 heterocycles. The van der Waals surface area contributed by atoms with E-state index in [1.807, 2.05) is 0 Å². The van der Waals surface area contributed by atoms with Crippen LogP contribution in [0.4, 0.5) is 0 Å². The summed E-state index contributed by atoms with van der Waals surface area (Å²) in [4.78, 5) is 56.5. The maximum absolute atomic E-state index is 11.5. The van der Waals surface area contributed by atoms with Crippen LogP contribution in [0.15, 0.2) is 0 Å². The first-order chi connectivity index (χ1) is 10.2. The van der Waals surface area contributed by atoms with E-state index in [9.17, 15) is 28.2 Å². The number of carbonyl (C=O) groups excluding carboxylic acids is 2. The lowest BCUT2D eigenvalue weighted by molar-refractivity contribution is -0.124. The third-order valence-electron chi connectivity index (χ3n) is 1.73. The summed E-state index contributed by atoms with van der Waals surface area (Å²) in [7, 11) is -16.2. The Balaban J connectivity index is 4.81.